The summed E-state index contributed by atoms with van der Waals surface area (Å²) in [6.45, 7) is 4.02. The molecule has 2 aromatic heterocycles. The van der Waals surface area contributed by atoms with Crippen molar-refractivity contribution in [2.24, 2.45) is 0 Å². The molecule has 0 spiro atoms. The van der Waals surface area contributed by atoms with E-state index in [9.17, 15) is 18.4 Å². The van der Waals surface area contributed by atoms with Gasteiger partial charge in [0.05, 0.1) is 23.9 Å². The van der Waals surface area contributed by atoms with Crippen LogP contribution in [0.3, 0.4) is 0 Å². The van der Waals surface area contributed by atoms with Crippen LogP contribution in [0.25, 0.3) is 0 Å². The molecule has 11 heteroatoms. The van der Waals surface area contributed by atoms with Gasteiger partial charge in [0.25, 0.3) is 11.8 Å². The molecule has 1 atom stereocenters. The second-order valence-electron chi connectivity index (χ2n) is 8.11. The molecular formula is C22H27F2N5O4. The Morgan fingerprint density at radius 3 is 2.82 bits per heavy atom. The van der Waals surface area contributed by atoms with E-state index in [4.69, 9.17) is 9.84 Å². The predicted molar refractivity (Wildman–Crippen MR) is 114 cm³/mol. The smallest absolute Gasteiger partial charge is 0.278 e. The molecule has 33 heavy (non-hydrogen) atoms. The first-order valence-electron chi connectivity index (χ1n) is 10.6. The van der Waals surface area contributed by atoms with E-state index in [0.717, 1.165) is 6.92 Å². The Balaban J connectivity index is 1.73. The maximum Gasteiger partial charge on any atom is 0.278 e. The zero-order valence-corrected chi connectivity index (χ0v) is 18.8. The fourth-order valence-corrected chi connectivity index (χ4v) is 3.49. The van der Waals surface area contributed by atoms with Gasteiger partial charge in [0.2, 0.25) is 11.8 Å². The van der Waals surface area contributed by atoms with E-state index in [0.29, 0.717) is 41.0 Å². The number of nitrogens with zero attached hydrogens (tertiary/aromatic N) is 4. The van der Waals surface area contributed by atoms with Crippen LogP contribution in [-0.4, -0.2) is 62.7 Å². The van der Waals surface area contributed by atoms with Gasteiger partial charge >= 0.3 is 0 Å². The molecule has 1 unspecified atom stereocenters. The first kappa shape index (κ1) is 24.4. The van der Waals surface area contributed by atoms with Crippen LogP contribution in [0.2, 0.25) is 0 Å². The minimum atomic E-state index is -2.99. The number of nitrogens with one attached hydrogen (secondary N) is 1. The molecule has 0 aliphatic carbocycles. The number of halogens is 2. The molecule has 0 bridgehead atoms. The number of aromatic nitrogens is 3. The number of fused-ring (bicyclic) bond motifs is 1. The number of aliphatic hydroxyl groups excluding tert-OH is 1. The van der Waals surface area contributed by atoms with E-state index in [1.54, 1.807) is 30.9 Å². The summed E-state index contributed by atoms with van der Waals surface area (Å²) < 4.78 is 31.2. The second kappa shape index (κ2) is 10.2. The summed E-state index contributed by atoms with van der Waals surface area (Å²) in [5.74, 6) is -3.43. The third-order valence-electron chi connectivity index (χ3n) is 5.27. The number of rotatable bonds is 10. The van der Waals surface area contributed by atoms with Crippen LogP contribution in [0.15, 0.2) is 18.3 Å². The highest BCUT2D eigenvalue weighted by Gasteiger charge is 2.34. The van der Waals surface area contributed by atoms with E-state index in [1.165, 1.54) is 6.20 Å². The number of aliphatic hydroxyl groups is 1. The molecule has 3 heterocycles. The molecule has 0 radical (unpaired) electrons. The summed E-state index contributed by atoms with van der Waals surface area (Å²) in [5.41, 5.74) is 2.69. The van der Waals surface area contributed by atoms with Gasteiger partial charge in [-0.2, -0.15) is 0 Å². The van der Waals surface area contributed by atoms with Crippen LogP contribution in [0.1, 0.15) is 59.2 Å². The van der Waals surface area contributed by atoms with Crippen molar-refractivity contribution in [1.82, 2.24) is 25.4 Å². The quantitative estimate of drug-likeness (QED) is 0.517. The number of ether oxygens (including phenoxy) is 1. The van der Waals surface area contributed by atoms with Crippen molar-refractivity contribution in [2.75, 3.05) is 19.8 Å². The normalized spacial score (nSPS) is 14.2. The second-order valence-corrected chi connectivity index (χ2v) is 8.11. The summed E-state index contributed by atoms with van der Waals surface area (Å²) in [4.78, 5) is 31.1. The van der Waals surface area contributed by atoms with Gasteiger partial charge in [-0.15, -0.1) is 10.2 Å². The Morgan fingerprint density at radius 2 is 2.15 bits per heavy atom. The van der Waals surface area contributed by atoms with E-state index >= 15 is 0 Å². The molecule has 1 aliphatic rings. The topological polar surface area (TPSA) is 118 Å². The van der Waals surface area contributed by atoms with Gasteiger partial charge in [-0.1, -0.05) is 0 Å². The number of alkyl halides is 2. The highest BCUT2D eigenvalue weighted by Crippen LogP contribution is 2.32. The van der Waals surface area contributed by atoms with Gasteiger partial charge in [-0.05, 0) is 32.4 Å². The lowest BCUT2D eigenvalue weighted by molar-refractivity contribution is -0.120. The van der Waals surface area contributed by atoms with Gasteiger partial charge < -0.3 is 20.1 Å². The maximum absolute atomic E-state index is 13.1. The highest BCUT2D eigenvalue weighted by molar-refractivity contribution is 5.99. The number of carbonyl (C=O) groups is 2. The number of hydrogen-bond acceptors (Lipinski definition) is 7. The average Bonchev–Trinajstić information content (AvgIpc) is 3.09. The van der Waals surface area contributed by atoms with Gasteiger partial charge in [-0.25, -0.2) is 8.78 Å². The molecule has 9 nitrogen and oxygen atoms in total. The molecule has 3 rings (SSSR count). The van der Waals surface area contributed by atoms with Gasteiger partial charge in [-0.3, -0.25) is 14.6 Å². The third kappa shape index (κ3) is 5.98. The molecule has 2 amide bonds. The zero-order valence-electron chi connectivity index (χ0n) is 18.8. The Kier molecular flexibility index (Phi) is 7.52. The van der Waals surface area contributed by atoms with Gasteiger partial charge in [0, 0.05) is 49.5 Å². The number of hydrogen-bond donors (Lipinski definition) is 2. The van der Waals surface area contributed by atoms with Crippen molar-refractivity contribution in [2.45, 2.75) is 52.1 Å². The van der Waals surface area contributed by atoms with E-state index < -0.39 is 18.6 Å². The zero-order chi connectivity index (χ0) is 24.2. The van der Waals surface area contributed by atoms with E-state index in [2.05, 4.69) is 20.5 Å². The Bertz CT molecular complexity index is 1030. The standard InChI is InChI=1S/C22H27F2N5O4/c1-13-9-17(27-28-20(13)33-12-22(3,23)24)14(2)29-11-16-15(21(29)32)5-7-25-18(16)10-19(31)26-6-4-8-30/h5,7,9,14,30H,4,6,8,10-12H2,1-3H3,(H,26,31). The molecule has 0 saturated heterocycles. The van der Waals surface area contributed by atoms with Crippen LogP contribution in [0.5, 0.6) is 5.88 Å². The number of aryl methyl sites for hydroxylation is 1. The number of pyridine rings is 1. The Hall–Kier alpha value is -3.21. The van der Waals surface area contributed by atoms with Crippen molar-refractivity contribution in [3.05, 3.63) is 46.4 Å². The van der Waals surface area contributed by atoms with Crippen molar-refractivity contribution < 1.29 is 28.2 Å². The maximum atomic E-state index is 13.1. The van der Waals surface area contributed by atoms with Crippen molar-refractivity contribution in [3.63, 3.8) is 0 Å². The fourth-order valence-electron chi connectivity index (χ4n) is 3.49. The van der Waals surface area contributed by atoms with Gasteiger partial charge in [0.1, 0.15) is 0 Å². The van der Waals surface area contributed by atoms with Crippen LogP contribution >= 0.6 is 0 Å². The van der Waals surface area contributed by atoms with Crippen LogP contribution < -0.4 is 10.1 Å². The minimum Gasteiger partial charge on any atom is -0.470 e. The van der Waals surface area contributed by atoms with Crippen molar-refractivity contribution in [3.8, 4) is 5.88 Å². The summed E-state index contributed by atoms with van der Waals surface area (Å²) in [5, 5.41) is 19.5. The van der Waals surface area contributed by atoms with Crippen molar-refractivity contribution >= 4 is 11.8 Å². The molecule has 0 fully saturated rings. The molecule has 0 saturated carbocycles. The van der Waals surface area contributed by atoms with Crippen molar-refractivity contribution in [1.29, 1.82) is 0 Å². The highest BCUT2D eigenvalue weighted by atomic mass is 19.3. The molecule has 2 N–H and O–H groups in total. The summed E-state index contributed by atoms with van der Waals surface area (Å²) in [6, 6.07) is 2.82. The lowest BCUT2D eigenvalue weighted by atomic mass is 10.1. The van der Waals surface area contributed by atoms with Crippen LogP contribution in [-0.2, 0) is 17.8 Å². The molecule has 2 aromatic rings. The van der Waals surface area contributed by atoms with Crippen LogP contribution in [0, 0.1) is 6.92 Å². The van der Waals surface area contributed by atoms with Crippen LogP contribution in [0.4, 0.5) is 8.78 Å². The number of amides is 2. The lowest BCUT2D eigenvalue weighted by Gasteiger charge is -2.24. The largest absolute Gasteiger partial charge is 0.470 e. The minimum absolute atomic E-state index is 0.0127. The predicted octanol–water partition coefficient (Wildman–Crippen LogP) is 1.97. The lowest BCUT2D eigenvalue weighted by Crippen LogP contribution is -2.28. The fraction of sp³-hybridized carbons (Fsp3) is 0.500. The van der Waals surface area contributed by atoms with E-state index in [1.807, 2.05) is 0 Å². The van der Waals surface area contributed by atoms with Gasteiger partial charge in [0.15, 0.2) is 6.61 Å². The monoisotopic (exact) mass is 463 g/mol. The SMILES string of the molecule is Cc1cc(C(C)N2Cc3c(ccnc3CC(=O)NCCCO)C2=O)nnc1OCC(C)(F)F. The summed E-state index contributed by atoms with van der Waals surface area (Å²) in [6.07, 6.45) is 1.99. The third-order valence-corrected chi connectivity index (χ3v) is 5.27. The molecular weight excluding hydrogens is 436 g/mol. The summed E-state index contributed by atoms with van der Waals surface area (Å²) in [7, 11) is 0. The average molecular weight is 463 g/mol. The number of carbonyl (C=O) groups excluding carboxylic acids is 2. The Morgan fingerprint density at radius 1 is 1.39 bits per heavy atom. The Labute approximate surface area is 190 Å². The molecule has 178 valence electrons. The first-order valence-corrected chi connectivity index (χ1v) is 10.6. The molecule has 0 aromatic carbocycles. The summed E-state index contributed by atoms with van der Waals surface area (Å²) >= 11 is 0. The van der Waals surface area contributed by atoms with E-state index in [-0.39, 0.29) is 37.3 Å². The first-order chi connectivity index (χ1) is 15.6. The molecule has 1 aliphatic heterocycles.